The molecule has 0 aromatic carbocycles. The van der Waals surface area contributed by atoms with Gasteiger partial charge in [-0.3, -0.25) is 0 Å². The van der Waals surface area contributed by atoms with Crippen LogP contribution in [0.25, 0.3) is 0 Å². The molecule has 0 N–H and O–H groups in total. The lowest BCUT2D eigenvalue weighted by molar-refractivity contribution is -0.243. The van der Waals surface area contributed by atoms with Crippen LogP contribution in [-0.2, 0) is 23.7 Å². The number of hydrogen-bond donors (Lipinski definition) is 0. The Hall–Kier alpha value is -1.07. The van der Waals surface area contributed by atoms with Crippen LogP contribution in [0.15, 0.2) is 11.3 Å². The van der Waals surface area contributed by atoms with E-state index in [4.69, 9.17) is 18.9 Å². The Morgan fingerprint density at radius 3 is 2.82 bits per heavy atom. The van der Waals surface area contributed by atoms with Gasteiger partial charge in [-0.1, -0.05) is 6.92 Å². The third-order valence-electron chi connectivity index (χ3n) is 6.23. The summed E-state index contributed by atoms with van der Waals surface area (Å²) in [6.45, 7) is 6.26. The highest BCUT2D eigenvalue weighted by atomic mass is 16.8. The van der Waals surface area contributed by atoms with Crippen molar-refractivity contribution < 1.29 is 23.7 Å². The second kappa shape index (κ2) is 4.48. The summed E-state index contributed by atoms with van der Waals surface area (Å²) in [7, 11) is 1.38. The van der Waals surface area contributed by atoms with E-state index in [9.17, 15) is 4.79 Å². The smallest absolute Gasteiger partial charge is 0.373 e. The average molecular weight is 308 g/mol. The summed E-state index contributed by atoms with van der Waals surface area (Å²) < 4.78 is 23.5. The van der Waals surface area contributed by atoms with Gasteiger partial charge in [0.05, 0.1) is 7.11 Å². The van der Waals surface area contributed by atoms with Gasteiger partial charge in [-0.2, -0.15) is 0 Å². The van der Waals surface area contributed by atoms with Crippen LogP contribution in [0.4, 0.5) is 0 Å². The third-order valence-corrected chi connectivity index (χ3v) is 6.23. The molecule has 2 bridgehead atoms. The molecule has 0 aromatic heterocycles. The van der Waals surface area contributed by atoms with Gasteiger partial charge < -0.3 is 18.9 Å². The molecule has 3 fully saturated rings. The lowest BCUT2D eigenvalue weighted by Gasteiger charge is -2.55. The van der Waals surface area contributed by atoms with Crippen molar-refractivity contribution >= 4 is 5.97 Å². The minimum atomic E-state index is -0.595. The van der Waals surface area contributed by atoms with Gasteiger partial charge >= 0.3 is 5.97 Å². The monoisotopic (exact) mass is 308 g/mol. The minimum absolute atomic E-state index is 0.170. The van der Waals surface area contributed by atoms with Gasteiger partial charge in [-0.15, -0.1) is 0 Å². The summed E-state index contributed by atoms with van der Waals surface area (Å²) in [5, 5.41) is 0. The van der Waals surface area contributed by atoms with Gasteiger partial charge in [0.15, 0.2) is 5.79 Å². The molecule has 3 aliphatic heterocycles. The number of hydrogen-bond acceptors (Lipinski definition) is 5. The zero-order valence-corrected chi connectivity index (χ0v) is 13.7. The molecule has 4 aliphatic rings. The number of methoxy groups -OCH3 is 1. The van der Waals surface area contributed by atoms with Crippen LogP contribution in [0, 0.1) is 17.8 Å². The fourth-order valence-corrected chi connectivity index (χ4v) is 5.18. The van der Waals surface area contributed by atoms with Crippen LogP contribution in [0.5, 0.6) is 0 Å². The second-order valence-corrected chi connectivity index (χ2v) is 7.41. The van der Waals surface area contributed by atoms with Gasteiger partial charge in [0.2, 0.25) is 12.0 Å². The zero-order chi connectivity index (χ0) is 15.7. The van der Waals surface area contributed by atoms with Crippen molar-refractivity contribution in [2.75, 3.05) is 7.11 Å². The Kier molecular flexibility index (Phi) is 2.96. The standard InChI is InChI=1S/C17H24O5/c1-9-5-6-12-10(2)13(14(18)19-4)20-15-17(12)11(9)7-8-16(3,21-15)22-17/h9,11-12,15H,5-8H2,1-4H3/t9-,11+,12+,15-,16+,17-/m1/s1. The Balaban J connectivity index is 1.83. The quantitative estimate of drug-likeness (QED) is 0.697. The van der Waals surface area contributed by atoms with E-state index in [1.165, 1.54) is 7.11 Å². The van der Waals surface area contributed by atoms with Gasteiger partial charge in [-0.05, 0) is 50.5 Å². The zero-order valence-electron chi connectivity index (χ0n) is 13.7. The number of rotatable bonds is 1. The summed E-state index contributed by atoms with van der Waals surface area (Å²) in [4.78, 5) is 12.1. The van der Waals surface area contributed by atoms with E-state index >= 15 is 0 Å². The lowest BCUT2D eigenvalue weighted by atomic mass is 9.58. The maximum atomic E-state index is 12.1. The summed E-state index contributed by atoms with van der Waals surface area (Å²) in [5.74, 6) is 0.474. The molecule has 0 radical (unpaired) electrons. The van der Waals surface area contributed by atoms with Crippen molar-refractivity contribution in [3.05, 3.63) is 11.3 Å². The van der Waals surface area contributed by atoms with Crippen LogP contribution in [0.3, 0.4) is 0 Å². The molecule has 6 atom stereocenters. The Morgan fingerprint density at radius 1 is 1.32 bits per heavy atom. The van der Waals surface area contributed by atoms with Crippen LogP contribution in [0.2, 0.25) is 0 Å². The van der Waals surface area contributed by atoms with E-state index in [0.29, 0.717) is 17.6 Å². The highest BCUT2D eigenvalue weighted by molar-refractivity contribution is 5.87. The SMILES string of the molecule is COC(=O)C1=C(C)[C@@H]2CC[C@@H](C)[C@@H]3CC[C@@]4(C)O[C@@H](O1)[C@]23O4. The van der Waals surface area contributed by atoms with Crippen LogP contribution >= 0.6 is 0 Å². The van der Waals surface area contributed by atoms with Crippen molar-refractivity contribution in [3.8, 4) is 0 Å². The number of esters is 1. The van der Waals surface area contributed by atoms with E-state index in [1.807, 2.05) is 13.8 Å². The highest BCUT2D eigenvalue weighted by Gasteiger charge is 2.70. The summed E-state index contributed by atoms with van der Waals surface area (Å²) in [6.07, 6.45) is 3.62. The van der Waals surface area contributed by atoms with E-state index in [0.717, 1.165) is 31.3 Å². The lowest BCUT2D eigenvalue weighted by Crippen LogP contribution is -2.62. The molecule has 1 aliphatic carbocycles. The molecule has 0 amide bonds. The van der Waals surface area contributed by atoms with Crippen molar-refractivity contribution in [2.45, 2.75) is 64.1 Å². The molecule has 0 aromatic rings. The first-order valence-corrected chi connectivity index (χ1v) is 8.25. The third kappa shape index (κ3) is 1.64. The molecule has 122 valence electrons. The molecule has 3 heterocycles. The van der Waals surface area contributed by atoms with Crippen LogP contribution < -0.4 is 0 Å². The molecule has 5 nitrogen and oxygen atoms in total. The van der Waals surface area contributed by atoms with E-state index < -0.39 is 23.6 Å². The minimum Gasteiger partial charge on any atom is -0.463 e. The predicted molar refractivity (Wildman–Crippen MR) is 77.5 cm³/mol. The second-order valence-electron chi connectivity index (χ2n) is 7.41. The topological polar surface area (TPSA) is 54.0 Å². The van der Waals surface area contributed by atoms with E-state index in [2.05, 4.69) is 6.92 Å². The van der Waals surface area contributed by atoms with E-state index in [1.54, 1.807) is 0 Å². The first-order chi connectivity index (χ1) is 10.4. The molecule has 2 saturated heterocycles. The van der Waals surface area contributed by atoms with Crippen molar-refractivity contribution in [1.29, 1.82) is 0 Å². The Bertz CT molecular complexity index is 555. The van der Waals surface area contributed by atoms with Crippen LogP contribution in [0.1, 0.15) is 46.5 Å². The average Bonchev–Trinajstić information content (AvgIpc) is 2.71. The van der Waals surface area contributed by atoms with Crippen molar-refractivity contribution in [3.63, 3.8) is 0 Å². The Morgan fingerprint density at radius 2 is 2.09 bits per heavy atom. The number of ether oxygens (including phenoxy) is 4. The fraction of sp³-hybridized carbons (Fsp3) is 0.824. The fourth-order valence-electron chi connectivity index (χ4n) is 5.18. The Labute approximate surface area is 130 Å². The number of carbonyl (C=O) groups excluding carboxylic acids is 1. The number of carbonyl (C=O) groups is 1. The number of fused-ring (bicyclic) bond motifs is 1. The summed E-state index contributed by atoms with van der Waals surface area (Å²) >= 11 is 0. The maximum Gasteiger partial charge on any atom is 0.373 e. The van der Waals surface area contributed by atoms with Gasteiger partial charge in [0.25, 0.3) is 0 Å². The summed E-state index contributed by atoms with van der Waals surface area (Å²) in [6, 6.07) is 0. The largest absolute Gasteiger partial charge is 0.463 e. The molecule has 22 heavy (non-hydrogen) atoms. The normalized spacial score (nSPS) is 49.5. The molecular formula is C17H24O5. The molecular weight excluding hydrogens is 284 g/mol. The van der Waals surface area contributed by atoms with Gasteiger partial charge in [0, 0.05) is 12.3 Å². The summed E-state index contributed by atoms with van der Waals surface area (Å²) in [5.41, 5.74) is 0.515. The van der Waals surface area contributed by atoms with Crippen LogP contribution in [-0.4, -0.2) is 30.8 Å². The van der Waals surface area contributed by atoms with E-state index in [-0.39, 0.29) is 5.92 Å². The molecule has 1 saturated carbocycles. The predicted octanol–water partition coefficient (Wildman–Crippen LogP) is 2.75. The first kappa shape index (κ1) is 14.5. The molecule has 0 unspecified atom stereocenters. The molecule has 4 rings (SSSR count). The molecule has 5 heteroatoms. The molecule has 1 spiro atoms. The first-order valence-electron chi connectivity index (χ1n) is 8.25. The highest BCUT2D eigenvalue weighted by Crippen LogP contribution is 2.63. The van der Waals surface area contributed by atoms with Gasteiger partial charge in [0.1, 0.15) is 5.60 Å². The maximum absolute atomic E-state index is 12.1. The van der Waals surface area contributed by atoms with Gasteiger partial charge in [-0.25, -0.2) is 4.79 Å². The van der Waals surface area contributed by atoms with Crippen molar-refractivity contribution in [2.24, 2.45) is 17.8 Å². The van der Waals surface area contributed by atoms with Crippen molar-refractivity contribution in [1.82, 2.24) is 0 Å².